The first kappa shape index (κ1) is 14.4. The lowest BCUT2D eigenvalue weighted by Gasteiger charge is -2.22. The van der Waals surface area contributed by atoms with Crippen LogP contribution in [0.5, 0.6) is 0 Å². The summed E-state index contributed by atoms with van der Waals surface area (Å²) in [4.78, 5) is 22.5. The summed E-state index contributed by atoms with van der Waals surface area (Å²) in [6.07, 6.45) is 4.38. The van der Waals surface area contributed by atoms with Crippen LogP contribution in [0.2, 0.25) is 0 Å². The van der Waals surface area contributed by atoms with E-state index in [1.165, 1.54) is 7.11 Å². The molecular formula is C13H19NO4. The molecule has 0 amide bonds. The van der Waals surface area contributed by atoms with Gasteiger partial charge in [0.25, 0.3) is 0 Å². The van der Waals surface area contributed by atoms with Gasteiger partial charge in [-0.05, 0) is 13.8 Å². The molecular weight excluding hydrogens is 234 g/mol. The lowest BCUT2D eigenvalue weighted by molar-refractivity contribution is -0.531. The molecule has 100 valence electrons. The number of ketones is 1. The topological polar surface area (TPSA) is 55.6 Å². The Kier molecular flexibility index (Phi) is 5.55. The van der Waals surface area contributed by atoms with Crippen molar-refractivity contribution in [3.05, 3.63) is 12.2 Å². The van der Waals surface area contributed by atoms with Crippen LogP contribution < -0.4 is 0 Å². The van der Waals surface area contributed by atoms with E-state index in [-0.39, 0.29) is 18.3 Å². The van der Waals surface area contributed by atoms with Gasteiger partial charge in [0, 0.05) is 6.42 Å². The average molecular weight is 253 g/mol. The number of carbonyl (C=O) groups is 2. The van der Waals surface area contributed by atoms with Crippen molar-refractivity contribution in [2.24, 2.45) is 5.92 Å². The van der Waals surface area contributed by atoms with Gasteiger partial charge in [-0.1, -0.05) is 0 Å². The van der Waals surface area contributed by atoms with Crippen molar-refractivity contribution in [2.45, 2.75) is 20.3 Å². The normalized spacial score (nSPS) is 19.8. The number of hydrogen-bond acceptors (Lipinski definition) is 4. The van der Waals surface area contributed by atoms with E-state index < -0.39 is 5.97 Å². The number of nitrogens with zero attached hydrogens (tertiary/aromatic N) is 1. The van der Waals surface area contributed by atoms with Crippen LogP contribution in [-0.2, 0) is 19.1 Å². The highest BCUT2D eigenvalue weighted by molar-refractivity contribution is 5.92. The third kappa shape index (κ3) is 3.68. The Morgan fingerprint density at radius 3 is 2.78 bits per heavy atom. The maximum atomic E-state index is 11.4. The van der Waals surface area contributed by atoms with Gasteiger partial charge in [0.1, 0.15) is 19.1 Å². The largest absolute Gasteiger partial charge is 0.493 e. The Labute approximate surface area is 107 Å². The van der Waals surface area contributed by atoms with E-state index in [4.69, 9.17) is 4.74 Å². The highest BCUT2D eigenvalue weighted by atomic mass is 16.5. The van der Waals surface area contributed by atoms with Crippen molar-refractivity contribution in [3.8, 4) is 0 Å². The molecule has 1 fully saturated rings. The van der Waals surface area contributed by atoms with E-state index in [0.29, 0.717) is 6.42 Å². The van der Waals surface area contributed by atoms with Crippen molar-refractivity contribution in [1.82, 2.24) is 0 Å². The van der Waals surface area contributed by atoms with E-state index in [1.807, 2.05) is 18.4 Å². The molecule has 0 radical (unpaired) electrons. The zero-order valence-corrected chi connectivity index (χ0v) is 11.1. The quantitative estimate of drug-likeness (QED) is 0.318. The van der Waals surface area contributed by atoms with Gasteiger partial charge in [0.05, 0.1) is 13.0 Å². The molecule has 1 heterocycles. The summed E-state index contributed by atoms with van der Waals surface area (Å²) in [5, 5.41) is 0. The van der Waals surface area contributed by atoms with Crippen LogP contribution in [-0.4, -0.2) is 49.0 Å². The molecule has 1 rings (SSSR count). The van der Waals surface area contributed by atoms with E-state index >= 15 is 0 Å². The first-order valence-corrected chi connectivity index (χ1v) is 6.06. The average Bonchev–Trinajstić information content (AvgIpc) is 2.39. The van der Waals surface area contributed by atoms with E-state index in [0.717, 1.165) is 19.0 Å². The Morgan fingerprint density at radius 2 is 2.22 bits per heavy atom. The monoisotopic (exact) mass is 253 g/mol. The van der Waals surface area contributed by atoms with Crippen LogP contribution in [0.15, 0.2) is 6.08 Å². The SMILES string of the molecule is CC[N+](CC)=C1OCC(=O)CC1C=[C-]C(=O)OC. The Bertz CT molecular complexity index is 378. The highest BCUT2D eigenvalue weighted by Gasteiger charge is 2.30. The molecule has 0 aromatic carbocycles. The van der Waals surface area contributed by atoms with Gasteiger partial charge in [-0.2, -0.15) is 0 Å². The molecule has 0 bridgehead atoms. The lowest BCUT2D eigenvalue weighted by atomic mass is 9.99. The van der Waals surface area contributed by atoms with Gasteiger partial charge in [0.15, 0.2) is 12.4 Å². The summed E-state index contributed by atoms with van der Waals surface area (Å²) in [5.41, 5.74) is 0. The maximum absolute atomic E-state index is 11.4. The molecule has 0 N–H and O–H groups in total. The van der Waals surface area contributed by atoms with E-state index in [2.05, 4.69) is 10.8 Å². The van der Waals surface area contributed by atoms with Crippen molar-refractivity contribution in [1.29, 1.82) is 0 Å². The Balaban J connectivity index is 2.93. The number of rotatable bonds is 4. The van der Waals surface area contributed by atoms with Crippen LogP contribution in [0.25, 0.3) is 0 Å². The summed E-state index contributed by atoms with van der Waals surface area (Å²) < 4.78 is 12.0. The van der Waals surface area contributed by atoms with Gasteiger partial charge in [-0.3, -0.25) is 9.59 Å². The maximum Gasteiger partial charge on any atom is 0.341 e. The zero-order chi connectivity index (χ0) is 13.5. The van der Waals surface area contributed by atoms with Crippen molar-refractivity contribution >= 4 is 17.7 Å². The fourth-order valence-corrected chi connectivity index (χ4v) is 1.87. The molecule has 1 aliphatic rings. The molecule has 0 saturated carbocycles. The second-order valence-electron chi connectivity index (χ2n) is 3.95. The van der Waals surface area contributed by atoms with Gasteiger partial charge < -0.3 is 15.5 Å². The minimum absolute atomic E-state index is 0.0267. The molecule has 1 saturated heterocycles. The fourth-order valence-electron chi connectivity index (χ4n) is 1.87. The van der Waals surface area contributed by atoms with E-state index in [9.17, 15) is 9.59 Å². The number of carbonyl (C=O) groups excluding carboxylic acids is 2. The molecule has 0 spiro atoms. The predicted octanol–water partition coefficient (Wildman–Crippen LogP) is 0.575. The Morgan fingerprint density at radius 1 is 1.56 bits per heavy atom. The lowest BCUT2D eigenvalue weighted by Crippen LogP contribution is -2.37. The number of esters is 1. The minimum Gasteiger partial charge on any atom is -0.493 e. The first-order chi connectivity index (χ1) is 8.62. The van der Waals surface area contributed by atoms with Crippen LogP contribution >= 0.6 is 0 Å². The number of Topliss-reactive ketones (excluding diaryl/α,β-unsaturated/α-hetero) is 1. The molecule has 0 aromatic heterocycles. The summed E-state index contributed by atoms with van der Waals surface area (Å²) in [6.45, 7) is 5.72. The second kappa shape index (κ2) is 6.93. The van der Waals surface area contributed by atoms with Crippen molar-refractivity contribution < 1.29 is 23.6 Å². The summed E-state index contributed by atoms with van der Waals surface area (Å²) in [6, 6.07) is 0. The molecule has 5 heteroatoms. The number of ether oxygens (including phenoxy) is 2. The van der Waals surface area contributed by atoms with Crippen LogP contribution in [0.1, 0.15) is 20.3 Å². The standard InChI is InChI=1S/C13H19NO4/c1-4-14(5-2)13-10(6-7-12(16)17-3)8-11(15)9-18-13/h6,10H,4-5,8-9H2,1-3H3. The van der Waals surface area contributed by atoms with Crippen molar-refractivity contribution in [2.75, 3.05) is 26.8 Å². The number of methoxy groups -OCH3 is 1. The molecule has 0 aliphatic carbocycles. The molecule has 1 aliphatic heterocycles. The molecule has 0 aromatic rings. The third-order valence-electron chi connectivity index (χ3n) is 2.81. The summed E-state index contributed by atoms with van der Waals surface area (Å²) >= 11 is 0. The van der Waals surface area contributed by atoms with Gasteiger partial charge in [-0.25, -0.2) is 10.7 Å². The predicted molar refractivity (Wildman–Crippen MR) is 65.2 cm³/mol. The van der Waals surface area contributed by atoms with Crippen LogP contribution in [0.3, 0.4) is 0 Å². The molecule has 5 nitrogen and oxygen atoms in total. The van der Waals surface area contributed by atoms with E-state index in [1.54, 1.807) is 6.08 Å². The highest BCUT2D eigenvalue weighted by Crippen LogP contribution is 2.15. The summed E-state index contributed by atoms with van der Waals surface area (Å²) in [5.74, 6) is -0.0213. The smallest absolute Gasteiger partial charge is 0.341 e. The van der Waals surface area contributed by atoms with Gasteiger partial charge in [-0.15, -0.1) is 0 Å². The van der Waals surface area contributed by atoms with Gasteiger partial charge >= 0.3 is 5.90 Å². The zero-order valence-electron chi connectivity index (χ0n) is 11.1. The second-order valence-corrected chi connectivity index (χ2v) is 3.95. The molecule has 18 heavy (non-hydrogen) atoms. The van der Waals surface area contributed by atoms with Crippen molar-refractivity contribution in [3.63, 3.8) is 0 Å². The van der Waals surface area contributed by atoms with Gasteiger partial charge in [0.2, 0.25) is 0 Å². The minimum atomic E-state index is -0.549. The van der Waals surface area contributed by atoms with Crippen LogP contribution in [0.4, 0.5) is 0 Å². The number of hydrogen-bond donors (Lipinski definition) is 0. The Hall–Kier alpha value is -1.65. The molecule has 1 atom stereocenters. The molecule has 1 unspecified atom stereocenters. The fraction of sp³-hybridized carbons (Fsp3) is 0.615. The van der Waals surface area contributed by atoms with Crippen LogP contribution in [0, 0.1) is 12.0 Å². The third-order valence-corrected chi connectivity index (χ3v) is 2.81. The first-order valence-electron chi connectivity index (χ1n) is 6.06. The summed E-state index contributed by atoms with van der Waals surface area (Å²) in [7, 11) is 1.29.